The van der Waals surface area contributed by atoms with Crippen molar-refractivity contribution in [2.75, 3.05) is 13.1 Å². The SMILES string of the molecule is CCCCC1c2sccc2CC(C)N1CCNC(=O)c1ccc([N+](=O)[O-])cc1.Cl. The van der Waals surface area contributed by atoms with Crippen molar-refractivity contribution in [3.05, 3.63) is 61.8 Å². The van der Waals surface area contributed by atoms with Gasteiger partial charge in [-0.05, 0) is 48.9 Å². The van der Waals surface area contributed by atoms with E-state index in [1.54, 1.807) is 0 Å². The summed E-state index contributed by atoms with van der Waals surface area (Å²) in [5.74, 6) is -0.193. The van der Waals surface area contributed by atoms with Crippen molar-refractivity contribution in [3.8, 4) is 0 Å². The number of nitro groups is 1. The molecule has 158 valence electrons. The Hall–Kier alpha value is -1.96. The normalized spacial score (nSPS) is 18.6. The zero-order valence-corrected chi connectivity index (χ0v) is 18.4. The molecule has 0 saturated carbocycles. The molecule has 29 heavy (non-hydrogen) atoms. The van der Waals surface area contributed by atoms with Gasteiger partial charge in [0.1, 0.15) is 0 Å². The van der Waals surface area contributed by atoms with E-state index in [0.29, 0.717) is 24.2 Å². The van der Waals surface area contributed by atoms with Crippen LogP contribution in [0.1, 0.15) is 60.0 Å². The molecule has 0 aliphatic carbocycles. The van der Waals surface area contributed by atoms with Crippen LogP contribution in [0, 0.1) is 10.1 Å². The monoisotopic (exact) mass is 437 g/mol. The molecule has 8 heteroatoms. The topological polar surface area (TPSA) is 75.5 Å². The number of hydrogen-bond donors (Lipinski definition) is 1. The number of amides is 1. The van der Waals surface area contributed by atoms with Crippen LogP contribution >= 0.6 is 23.7 Å². The molecular weight excluding hydrogens is 410 g/mol. The van der Waals surface area contributed by atoms with Gasteiger partial charge in [0.05, 0.1) is 4.92 Å². The smallest absolute Gasteiger partial charge is 0.269 e. The molecule has 2 aromatic rings. The van der Waals surface area contributed by atoms with Crippen LogP contribution in [0.3, 0.4) is 0 Å². The average Bonchev–Trinajstić information content (AvgIpc) is 3.15. The number of nitro benzene ring substituents is 1. The third-order valence-electron chi connectivity index (χ3n) is 5.39. The summed E-state index contributed by atoms with van der Waals surface area (Å²) in [5, 5.41) is 15.9. The number of benzene rings is 1. The van der Waals surface area contributed by atoms with Gasteiger partial charge in [-0.3, -0.25) is 19.8 Å². The summed E-state index contributed by atoms with van der Waals surface area (Å²) in [6.07, 6.45) is 4.57. The largest absolute Gasteiger partial charge is 0.351 e. The lowest BCUT2D eigenvalue weighted by atomic mass is 9.93. The lowest BCUT2D eigenvalue weighted by Gasteiger charge is -2.40. The summed E-state index contributed by atoms with van der Waals surface area (Å²) in [7, 11) is 0. The van der Waals surface area contributed by atoms with Crippen molar-refractivity contribution in [1.29, 1.82) is 0 Å². The highest BCUT2D eigenvalue weighted by molar-refractivity contribution is 7.10. The lowest BCUT2D eigenvalue weighted by molar-refractivity contribution is -0.384. The highest BCUT2D eigenvalue weighted by Gasteiger charge is 2.32. The van der Waals surface area contributed by atoms with Gasteiger partial charge in [0, 0.05) is 47.7 Å². The molecule has 1 aliphatic rings. The highest BCUT2D eigenvalue weighted by Crippen LogP contribution is 2.39. The molecule has 2 heterocycles. The zero-order valence-electron chi connectivity index (χ0n) is 16.8. The van der Waals surface area contributed by atoms with Gasteiger partial charge >= 0.3 is 0 Å². The van der Waals surface area contributed by atoms with Crippen molar-refractivity contribution >= 4 is 35.3 Å². The summed E-state index contributed by atoms with van der Waals surface area (Å²) in [4.78, 5) is 26.6. The first-order chi connectivity index (χ1) is 13.5. The van der Waals surface area contributed by atoms with Gasteiger partial charge < -0.3 is 5.32 Å². The number of halogens is 1. The van der Waals surface area contributed by atoms with Gasteiger partial charge in [-0.25, -0.2) is 0 Å². The Morgan fingerprint density at radius 1 is 1.31 bits per heavy atom. The summed E-state index contributed by atoms with van der Waals surface area (Å²) < 4.78 is 0. The minimum Gasteiger partial charge on any atom is -0.351 e. The fraction of sp³-hybridized carbons (Fsp3) is 0.476. The number of nitrogens with one attached hydrogen (secondary N) is 1. The van der Waals surface area contributed by atoms with Crippen LogP contribution in [0.2, 0.25) is 0 Å². The van der Waals surface area contributed by atoms with Gasteiger partial charge in [-0.2, -0.15) is 0 Å². The number of carbonyl (C=O) groups is 1. The van der Waals surface area contributed by atoms with E-state index in [2.05, 4.69) is 35.5 Å². The van der Waals surface area contributed by atoms with E-state index in [9.17, 15) is 14.9 Å². The van der Waals surface area contributed by atoms with Crippen LogP contribution in [0.25, 0.3) is 0 Å². The predicted molar refractivity (Wildman–Crippen MR) is 119 cm³/mol. The van der Waals surface area contributed by atoms with Crippen LogP contribution in [0.15, 0.2) is 35.7 Å². The molecule has 0 spiro atoms. The first-order valence-electron chi connectivity index (χ1n) is 9.86. The third-order valence-corrected chi connectivity index (χ3v) is 6.45. The maximum atomic E-state index is 12.4. The molecule has 0 bridgehead atoms. The van der Waals surface area contributed by atoms with Gasteiger partial charge in [-0.15, -0.1) is 23.7 Å². The standard InChI is InChI=1S/C21H27N3O3S.ClH/c1-3-4-5-19-20-17(10-13-28-20)14-15(2)23(19)12-11-22-21(25)16-6-8-18(9-7-16)24(26)27;/h6-10,13,15,19H,3-5,11-12,14H2,1-2H3,(H,22,25);1H. The fourth-order valence-corrected chi connectivity index (χ4v) is 5.00. The lowest BCUT2D eigenvalue weighted by Crippen LogP contribution is -2.45. The van der Waals surface area contributed by atoms with Crippen LogP contribution < -0.4 is 5.32 Å². The Labute approximate surface area is 181 Å². The maximum absolute atomic E-state index is 12.4. The van der Waals surface area contributed by atoms with E-state index in [1.165, 1.54) is 47.5 Å². The Balaban J connectivity index is 0.00000300. The maximum Gasteiger partial charge on any atom is 0.269 e. The number of thiophene rings is 1. The zero-order chi connectivity index (χ0) is 20.1. The molecule has 1 aromatic carbocycles. The van der Waals surface area contributed by atoms with Gasteiger partial charge in [-0.1, -0.05) is 19.8 Å². The molecular formula is C21H28ClN3O3S. The second kappa shape index (κ2) is 10.7. The molecule has 2 atom stereocenters. The predicted octanol–water partition coefficient (Wildman–Crippen LogP) is 4.99. The van der Waals surface area contributed by atoms with E-state index in [1.807, 2.05) is 11.3 Å². The number of hydrogen-bond acceptors (Lipinski definition) is 5. The number of nitrogens with zero attached hydrogens (tertiary/aromatic N) is 2. The Morgan fingerprint density at radius 3 is 2.69 bits per heavy atom. The minimum absolute atomic E-state index is 0. The third kappa shape index (κ3) is 5.56. The molecule has 1 N–H and O–H groups in total. The second-order valence-electron chi connectivity index (χ2n) is 7.32. The van der Waals surface area contributed by atoms with Gasteiger partial charge in [0.15, 0.2) is 0 Å². The van der Waals surface area contributed by atoms with Gasteiger partial charge in [0.25, 0.3) is 11.6 Å². The molecule has 1 aromatic heterocycles. The number of rotatable bonds is 8. The molecule has 1 amide bonds. The summed E-state index contributed by atoms with van der Waals surface area (Å²) in [5.41, 5.74) is 1.91. The minimum atomic E-state index is -0.464. The molecule has 0 radical (unpaired) electrons. The quantitative estimate of drug-likeness (QED) is 0.466. The van der Waals surface area contributed by atoms with Crippen molar-refractivity contribution < 1.29 is 9.72 Å². The number of unbranched alkanes of at least 4 members (excludes halogenated alkanes) is 1. The summed E-state index contributed by atoms with van der Waals surface area (Å²) >= 11 is 1.85. The number of fused-ring (bicyclic) bond motifs is 1. The fourth-order valence-electron chi connectivity index (χ4n) is 3.91. The number of non-ortho nitro benzene ring substituents is 1. The van der Waals surface area contributed by atoms with Crippen molar-refractivity contribution in [1.82, 2.24) is 10.2 Å². The summed E-state index contributed by atoms with van der Waals surface area (Å²) in [6, 6.07) is 8.85. The Morgan fingerprint density at radius 2 is 2.03 bits per heavy atom. The van der Waals surface area contributed by atoms with Crippen molar-refractivity contribution in [3.63, 3.8) is 0 Å². The van der Waals surface area contributed by atoms with Crippen LogP contribution in [0.5, 0.6) is 0 Å². The van der Waals surface area contributed by atoms with Crippen molar-refractivity contribution in [2.45, 2.75) is 51.6 Å². The molecule has 3 rings (SSSR count). The molecule has 6 nitrogen and oxygen atoms in total. The molecule has 0 fully saturated rings. The first-order valence-corrected chi connectivity index (χ1v) is 10.7. The van der Waals surface area contributed by atoms with E-state index in [4.69, 9.17) is 0 Å². The Bertz CT molecular complexity index is 825. The second-order valence-corrected chi connectivity index (χ2v) is 8.27. The van der Waals surface area contributed by atoms with Crippen LogP contribution in [-0.2, 0) is 6.42 Å². The molecule has 2 unspecified atom stereocenters. The average molecular weight is 438 g/mol. The van der Waals surface area contributed by atoms with E-state index < -0.39 is 4.92 Å². The molecule has 0 saturated heterocycles. The van der Waals surface area contributed by atoms with Crippen LogP contribution in [0.4, 0.5) is 5.69 Å². The van der Waals surface area contributed by atoms with Crippen LogP contribution in [-0.4, -0.2) is 34.9 Å². The van der Waals surface area contributed by atoms with Gasteiger partial charge in [0.2, 0.25) is 0 Å². The molecule has 1 aliphatic heterocycles. The van der Waals surface area contributed by atoms with E-state index >= 15 is 0 Å². The van der Waals surface area contributed by atoms with E-state index in [0.717, 1.165) is 19.4 Å². The Kier molecular flexibility index (Phi) is 8.61. The summed E-state index contributed by atoms with van der Waals surface area (Å²) in [6.45, 7) is 5.84. The number of carbonyl (C=O) groups excluding carboxylic acids is 1. The highest BCUT2D eigenvalue weighted by atomic mass is 35.5. The first kappa shape index (κ1) is 23.3. The van der Waals surface area contributed by atoms with Crippen molar-refractivity contribution in [2.24, 2.45) is 0 Å². The van der Waals surface area contributed by atoms with E-state index in [-0.39, 0.29) is 24.0 Å².